The number of nitrogens with zero attached hydrogens (tertiary/aromatic N) is 2. The van der Waals surface area contributed by atoms with E-state index in [2.05, 4.69) is 11.1 Å². The van der Waals surface area contributed by atoms with Crippen LogP contribution < -0.4 is 0 Å². The average Bonchev–Trinajstić information content (AvgIpc) is 3.53. The molecule has 1 heterocycles. The number of benzene rings is 7. The van der Waals surface area contributed by atoms with Gasteiger partial charge in [0.15, 0.2) is 0 Å². The van der Waals surface area contributed by atoms with Crippen LogP contribution in [-0.4, -0.2) is 9.55 Å². The van der Waals surface area contributed by atoms with Gasteiger partial charge in [0.2, 0.25) is 0 Å². The van der Waals surface area contributed by atoms with Crippen LogP contribution in [0, 0.1) is 0 Å². The van der Waals surface area contributed by atoms with Crippen LogP contribution in [0.4, 0.5) is 0 Å². The van der Waals surface area contributed by atoms with E-state index in [4.69, 9.17) is 13.7 Å². The maximum absolute atomic E-state index is 8.80. The van der Waals surface area contributed by atoms with Crippen LogP contribution in [-0.2, 0) is 6.37 Å². The molecule has 0 atom stereocenters. The second-order valence-corrected chi connectivity index (χ2v) is 9.97. The van der Waals surface area contributed by atoms with E-state index in [0.29, 0.717) is 22.3 Å². The predicted octanol–water partition coefficient (Wildman–Crippen LogP) is 10.4. The zero-order valence-electron chi connectivity index (χ0n) is 31.8. The highest BCUT2D eigenvalue weighted by Gasteiger charge is 2.17. The van der Waals surface area contributed by atoms with Gasteiger partial charge in [-0.15, -0.1) is 0 Å². The third-order valence-corrected chi connectivity index (χ3v) is 7.72. The zero-order valence-corrected chi connectivity index (χ0v) is 21.8. The Balaban J connectivity index is 1.35. The molecule has 0 spiro atoms. The zero-order chi connectivity index (χ0) is 36.0. The summed E-state index contributed by atoms with van der Waals surface area (Å²) in [5, 5.41) is 4.96. The fraction of sp³-hybridized carbons (Fsp3) is 0.0513. The van der Waals surface area contributed by atoms with E-state index in [0.717, 1.165) is 43.4 Å². The van der Waals surface area contributed by atoms with Crippen molar-refractivity contribution in [2.24, 2.45) is 0 Å². The van der Waals surface area contributed by atoms with Crippen LogP contribution in [0.5, 0.6) is 0 Å². The van der Waals surface area contributed by atoms with E-state index in [1.165, 1.54) is 0 Å². The van der Waals surface area contributed by atoms with Crippen LogP contribution in [0.25, 0.3) is 71.3 Å². The number of hydrogen-bond donors (Lipinski definition) is 0. The van der Waals surface area contributed by atoms with E-state index >= 15 is 0 Å². The van der Waals surface area contributed by atoms with Crippen LogP contribution >= 0.6 is 0 Å². The Kier molecular flexibility index (Phi) is 3.59. The second kappa shape index (κ2) is 9.46. The van der Waals surface area contributed by atoms with Crippen LogP contribution in [0.3, 0.4) is 0 Å². The largest absolute Gasteiger partial charge is 0.296 e. The third kappa shape index (κ3) is 3.76. The molecule has 7 aromatic carbocycles. The van der Waals surface area contributed by atoms with Gasteiger partial charge in [-0.05, 0) is 84.9 Å². The molecular weight excluding hydrogens is 496 g/mol. The fourth-order valence-corrected chi connectivity index (χ4v) is 5.98. The first-order valence-electron chi connectivity index (χ1n) is 18.3. The predicted molar refractivity (Wildman–Crippen MR) is 174 cm³/mol. The summed E-state index contributed by atoms with van der Waals surface area (Å²) in [4.78, 5) is 4.45. The lowest BCUT2D eigenvalue weighted by molar-refractivity contribution is 0.909. The second-order valence-electron chi connectivity index (χ2n) is 9.97. The molecule has 0 saturated heterocycles. The molecule has 0 saturated carbocycles. The molecule has 0 N–H and O–H groups in total. The molecule has 2 heteroatoms. The standard InChI is InChI=1S/C39H28N2/c1-2-37-40-35-18-10-11-19-36(35)41(37)30-23-22-27-24-29(21-20-28(27)25-30)39-33-16-8-6-14-31(33)38(26-12-4-3-5-13-26)32-15-7-9-17-34(32)39/h3-25H,2H2,1H3/i1D3,2D2,3D,4D,5D,12D,13D. The Hall–Kier alpha value is -5.21. The summed E-state index contributed by atoms with van der Waals surface area (Å²) < 4.78 is 85.0. The van der Waals surface area contributed by atoms with E-state index in [9.17, 15) is 0 Å². The summed E-state index contributed by atoms with van der Waals surface area (Å²) in [5.41, 5.74) is 4.22. The lowest BCUT2D eigenvalue weighted by Crippen LogP contribution is -2.00. The molecule has 0 amide bonds. The lowest BCUT2D eigenvalue weighted by Gasteiger charge is -2.18. The Bertz CT molecular complexity index is 2640. The first-order chi connectivity index (χ1) is 24.3. The summed E-state index contributed by atoms with van der Waals surface area (Å²) in [7, 11) is 0. The SMILES string of the molecule is [2H]c1c([2H])c([2H])c(-c2c3ccccc3c(-c3ccc4cc(-n5c(C([2H])([2H])C([2H])([2H])[2H])nc6ccccc65)ccc4c3)c3ccccc23)c([2H])c1[2H]. The number of rotatable bonds is 4. The summed E-state index contributed by atoms with van der Waals surface area (Å²) in [6.45, 7) is -2.94. The topological polar surface area (TPSA) is 17.8 Å². The molecule has 8 rings (SSSR count). The van der Waals surface area contributed by atoms with Crippen LogP contribution in [0.1, 0.15) is 26.4 Å². The van der Waals surface area contributed by atoms with Gasteiger partial charge >= 0.3 is 0 Å². The molecule has 0 unspecified atom stereocenters. The summed E-state index contributed by atoms with van der Waals surface area (Å²) in [6.07, 6.45) is -2.71. The lowest BCUT2D eigenvalue weighted by atomic mass is 9.85. The molecule has 1 aromatic heterocycles. The van der Waals surface area contributed by atoms with Gasteiger partial charge < -0.3 is 0 Å². The third-order valence-electron chi connectivity index (χ3n) is 7.72. The van der Waals surface area contributed by atoms with Crippen molar-refractivity contribution in [3.05, 3.63) is 145 Å². The highest BCUT2D eigenvalue weighted by atomic mass is 15.1. The Labute approximate surface area is 253 Å². The Morgan fingerprint density at radius 1 is 0.659 bits per heavy atom. The van der Waals surface area contributed by atoms with Gasteiger partial charge in [0, 0.05) is 18.9 Å². The number of fused-ring (bicyclic) bond motifs is 4. The van der Waals surface area contributed by atoms with Gasteiger partial charge in [0.25, 0.3) is 0 Å². The minimum Gasteiger partial charge on any atom is -0.296 e. The number of para-hydroxylation sites is 2. The van der Waals surface area contributed by atoms with Gasteiger partial charge in [-0.1, -0.05) is 116 Å². The smallest absolute Gasteiger partial charge is 0.114 e. The van der Waals surface area contributed by atoms with Crippen molar-refractivity contribution in [1.82, 2.24) is 9.55 Å². The molecule has 0 fully saturated rings. The van der Waals surface area contributed by atoms with Gasteiger partial charge in [0.05, 0.1) is 17.9 Å². The number of hydrogen-bond acceptors (Lipinski definition) is 1. The van der Waals surface area contributed by atoms with E-state index < -0.39 is 19.3 Å². The van der Waals surface area contributed by atoms with Gasteiger partial charge in [-0.25, -0.2) is 4.98 Å². The normalized spacial score (nSPS) is 15.8. The van der Waals surface area contributed by atoms with Crippen molar-refractivity contribution in [3.8, 4) is 27.9 Å². The van der Waals surface area contributed by atoms with Crippen molar-refractivity contribution in [3.63, 3.8) is 0 Å². The molecule has 0 aliphatic heterocycles. The minimum absolute atomic E-state index is 0.153. The summed E-state index contributed by atoms with van der Waals surface area (Å²) >= 11 is 0. The minimum atomic E-state index is -2.94. The quantitative estimate of drug-likeness (QED) is 0.205. The molecule has 2 nitrogen and oxygen atoms in total. The molecule has 194 valence electrons. The summed E-state index contributed by atoms with van der Waals surface area (Å²) in [6, 6.07) is 32.4. The first kappa shape index (κ1) is 15.5. The average molecular weight is 535 g/mol. The van der Waals surface area contributed by atoms with Gasteiger partial charge in [-0.3, -0.25) is 4.57 Å². The van der Waals surface area contributed by atoms with E-state index in [-0.39, 0.29) is 35.6 Å². The van der Waals surface area contributed by atoms with Gasteiger partial charge in [-0.2, -0.15) is 0 Å². The molecule has 0 aliphatic rings. The van der Waals surface area contributed by atoms with Crippen molar-refractivity contribution in [2.75, 3.05) is 0 Å². The number of imidazole rings is 1. The molecule has 0 aliphatic carbocycles. The maximum atomic E-state index is 8.80. The van der Waals surface area contributed by atoms with Crippen molar-refractivity contribution in [2.45, 2.75) is 13.2 Å². The summed E-state index contributed by atoms with van der Waals surface area (Å²) in [5.74, 6) is -0.197. The van der Waals surface area contributed by atoms with Crippen molar-refractivity contribution in [1.29, 1.82) is 0 Å². The monoisotopic (exact) mass is 534 g/mol. The molecule has 0 bridgehead atoms. The van der Waals surface area contributed by atoms with Crippen LogP contribution in [0.2, 0.25) is 0 Å². The fourth-order valence-electron chi connectivity index (χ4n) is 5.98. The molecular formula is C39H28N2. The van der Waals surface area contributed by atoms with E-state index in [1.54, 1.807) is 28.8 Å². The van der Waals surface area contributed by atoms with Crippen LogP contribution in [0.15, 0.2) is 139 Å². The Morgan fingerprint density at radius 3 is 1.98 bits per heavy atom. The number of aromatic nitrogens is 2. The van der Waals surface area contributed by atoms with Crippen molar-refractivity contribution >= 4 is 43.4 Å². The molecule has 41 heavy (non-hydrogen) atoms. The first-order valence-corrected chi connectivity index (χ1v) is 13.3. The van der Waals surface area contributed by atoms with E-state index in [1.807, 2.05) is 78.9 Å². The highest BCUT2D eigenvalue weighted by molar-refractivity contribution is 6.21. The highest BCUT2D eigenvalue weighted by Crippen LogP contribution is 2.44. The van der Waals surface area contributed by atoms with Crippen molar-refractivity contribution < 1.29 is 13.7 Å². The molecule has 8 aromatic rings. The number of aryl methyl sites for hydroxylation is 1. The Morgan fingerprint density at radius 2 is 1.27 bits per heavy atom. The van der Waals surface area contributed by atoms with Gasteiger partial charge in [0.1, 0.15) is 5.82 Å². The maximum Gasteiger partial charge on any atom is 0.114 e. The molecule has 0 radical (unpaired) electrons.